The zero-order chi connectivity index (χ0) is 14.7. The van der Waals surface area contributed by atoms with E-state index in [1.807, 2.05) is 16.9 Å². The Morgan fingerprint density at radius 3 is 3.00 bits per heavy atom. The van der Waals surface area contributed by atoms with E-state index in [0.717, 1.165) is 5.82 Å². The zero-order valence-corrected chi connectivity index (χ0v) is 12.0. The molecule has 2 heterocycles. The number of nitrogens with zero attached hydrogens (tertiary/aromatic N) is 2. The van der Waals surface area contributed by atoms with E-state index >= 15 is 0 Å². The lowest BCUT2D eigenvalue weighted by atomic mass is 10.3. The van der Waals surface area contributed by atoms with Crippen LogP contribution in [0.4, 0.5) is 10.2 Å². The molecule has 1 aromatic carbocycles. The number of ether oxygens (including phenoxy) is 2. The summed E-state index contributed by atoms with van der Waals surface area (Å²) in [5, 5.41) is 7.82. The van der Waals surface area contributed by atoms with E-state index in [-0.39, 0.29) is 10.8 Å². The Morgan fingerprint density at radius 1 is 1.43 bits per heavy atom. The topological polar surface area (TPSA) is 48.3 Å². The molecule has 5 nitrogen and oxygen atoms in total. The third kappa shape index (κ3) is 3.46. The zero-order valence-electron chi connectivity index (χ0n) is 11.3. The van der Waals surface area contributed by atoms with E-state index in [2.05, 4.69) is 10.4 Å². The van der Waals surface area contributed by atoms with E-state index < -0.39 is 0 Å². The summed E-state index contributed by atoms with van der Waals surface area (Å²) in [5.41, 5.74) is 0. The normalized spacial score (nSPS) is 14.8. The first-order chi connectivity index (χ1) is 10.2. The van der Waals surface area contributed by atoms with E-state index in [4.69, 9.17) is 21.1 Å². The quantitative estimate of drug-likeness (QED) is 0.833. The Kier molecular flexibility index (Phi) is 4.26. The van der Waals surface area contributed by atoms with E-state index in [1.54, 1.807) is 0 Å². The SMILES string of the molecule is Fc1ccc(OCCNc2ccn(C3COC3)n2)c(Cl)c1. The highest BCUT2D eigenvalue weighted by Gasteiger charge is 2.20. The van der Waals surface area contributed by atoms with E-state index in [0.29, 0.717) is 38.2 Å². The van der Waals surface area contributed by atoms with Crippen LogP contribution in [0.1, 0.15) is 6.04 Å². The van der Waals surface area contributed by atoms with Gasteiger partial charge in [0.25, 0.3) is 0 Å². The Hall–Kier alpha value is -1.79. The highest BCUT2D eigenvalue weighted by atomic mass is 35.5. The van der Waals surface area contributed by atoms with Crippen molar-refractivity contribution in [2.75, 3.05) is 31.7 Å². The van der Waals surface area contributed by atoms with Gasteiger partial charge in [-0.15, -0.1) is 0 Å². The Labute approximate surface area is 126 Å². The summed E-state index contributed by atoms with van der Waals surface area (Å²) in [6, 6.07) is 6.31. The van der Waals surface area contributed by atoms with Crippen LogP contribution in [-0.4, -0.2) is 36.1 Å². The van der Waals surface area contributed by atoms with Gasteiger partial charge in [-0.05, 0) is 18.2 Å². The van der Waals surface area contributed by atoms with Gasteiger partial charge in [0.15, 0.2) is 0 Å². The van der Waals surface area contributed by atoms with Crippen molar-refractivity contribution < 1.29 is 13.9 Å². The van der Waals surface area contributed by atoms with Gasteiger partial charge in [0, 0.05) is 12.3 Å². The maximum Gasteiger partial charge on any atom is 0.148 e. The molecular formula is C14H15ClFN3O2. The molecule has 0 atom stereocenters. The predicted molar refractivity (Wildman–Crippen MR) is 77.5 cm³/mol. The van der Waals surface area contributed by atoms with Crippen LogP contribution in [0.5, 0.6) is 5.75 Å². The van der Waals surface area contributed by atoms with Gasteiger partial charge in [0.2, 0.25) is 0 Å². The van der Waals surface area contributed by atoms with Crippen molar-refractivity contribution in [3.05, 3.63) is 41.3 Å². The fourth-order valence-electron chi connectivity index (χ4n) is 1.94. The first-order valence-corrected chi connectivity index (χ1v) is 7.05. The second-order valence-corrected chi connectivity index (χ2v) is 5.13. The highest BCUT2D eigenvalue weighted by molar-refractivity contribution is 6.32. The average molecular weight is 312 g/mol. The van der Waals surface area contributed by atoms with Gasteiger partial charge < -0.3 is 14.8 Å². The molecule has 21 heavy (non-hydrogen) atoms. The summed E-state index contributed by atoms with van der Waals surface area (Å²) < 4.78 is 25.4. The lowest BCUT2D eigenvalue weighted by Gasteiger charge is -2.25. The van der Waals surface area contributed by atoms with Gasteiger partial charge in [-0.3, -0.25) is 4.68 Å². The fourth-order valence-corrected chi connectivity index (χ4v) is 2.17. The number of aromatic nitrogens is 2. The summed E-state index contributed by atoms with van der Waals surface area (Å²) in [6.45, 7) is 2.41. The molecule has 2 aromatic rings. The molecule has 1 aromatic heterocycles. The van der Waals surface area contributed by atoms with Gasteiger partial charge in [0.05, 0.1) is 30.8 Å². The van der Waals surface area contributed by atoms with Crippen molar-refractivity contribution >= 4 is 17.4 Å². The first kappa shape index (κ1) is 14.2. The monoisotopic (exact) mass is 311 g/mol. The van der Waals surface area contributed by atoms with Gasteiger partial charge in [-0.25, -0.2) is 4.39 Å². The lowest BCUT2D eigenvalue weighted by Crippen LogP contribution is -2.31. The minimum absolute atomic E-state index is 0.268. The maximum absolute atomic E-state index is 12.9. The summed E-state index contributed by atoms with van der Waals surface area (Å²) in [5.74, 6) is 0.878. The summed E-state index contributed by atoms with van der Waals surface area (Å²) in [4.78, 5) is 0. The van der Waals surface area contributed by atoms with Crippen molar-refractivity contribution in [1.29, 1.82) is 0 Å². The molecule has 1 aliphatic heterocycles. The van der Waals surface area contributed by atoms with Crippen molar-refractivity contribution in [3.8, 4) is 5.75 Å². The Balaban J connectivity index is 1.44. The molecular weight excluding hydrogens is 297 g/mol. The molecule has 3 rings (SSSR count). The molecule has 7 heteroatoms. The van der Waals surface area contributed by atoms with E-state index in [9.17, 15) is 4.39 Å². The third-order valence-corrected chi connectivity index (χ3v) is 3.46. The van der Waals surface area contributed by atoms with Crippen LogP contribution in [0.15, 0.2) is 30.5 Å². The molecule has 0 bridgehead atoms. The number of rotatable bonds is 6. The summed E-state index contributed by atoms with van der Waals surface area (Å²) >= 11 is 5.87. The smallest absolute Gasteiger partial charge is 0.148 e. The molecule has 1 N–H and O–H groups in total. The number of hydrogen-bond acceptors (Lipinski definition) is 4. The van der Waals surface area contributed by atoms with Crippen molar-refractivity contribution in [3.63, 3.8) is 0 Å². The minimum atomic E-state index is -0.379. The van der Waals surface area contributed by atoms with Crippen LogP contribution in [0.2, 0.25) is 5.02 Å². The number of anilines is 1. The lowest BCUT2D eigenvalue weighted by molar-refractivity contribution is -0.0285. The van der Waals surface area contributed by atoms with Crippen molar-refractivity contribution in [2.24, 2.45) is 0 Å². The molecule has 0 amide bonds. The molecule has 1 fully saturated rings. The fraction of sp³-hybridized carbons (Fsp3) is 0.357. The molecule has 0 unspecified atom stereocenters. The highest BCUT2D eigenvalue weighted by Crippen LogP contribution is 2.24. The molecule has 1 aliphatic rings. The summed E-state index contributed by atoms with van der Waals surface area (Å²) in [6.07, 6.45) is 1.92. The van der Waals surface area contributed by atoms with E-state index in [1.165, 1.54) is 18.2 Å². The predicted octanol–water partition coefficient (Wildman–Crippen LogP) is 2.74. The van der Waals surface area contributed by atoms with Gasteiger partial charge in [0.1, 0.15) is 24.0 Å². The maximum atomic E-state index is 12.9. The van der Waals surface area contributed by atoms with Crippen molar-refractivity contribution in [1.82, 2.24) is 9.78 Å². The Morgan fingerprint density at radius 2 is 2.29 bits per heavy atom. The molecule has 112 valence electrons. The number of benzene rings is 1. The number of nitrogens with one attached hydrogen (secondary N) is 1. The summed E-state index contributed by atoms with van der Waals surface area (Å²) in [7, 11) is 0. The van der Waals surface area contributed by atoms with Crippen LogP contribution in [-0.2, 0) is 4.74 Å². The van der Waals surface area contributed by atoms with Gasteiger partial charge in [-0.2, -0.15) is 5.10 Å². The Bertz CT molecular complexity index is 616. The second-order valence-electron chi connectivity index (χ2n) is 4.72. The van der Waals surface area contributed by atoms with Crippen LogP contribution >= 0.6 is 11.6 Å². The molecule has 0 saturated carbocycles. The molecule has 0 aliphatic carbocycles. The van der Waals surface area contributed by atoms with Crippen LogP contribution in [0, 0.1) is 5.82 Å². The van der Waals surface area contributed by atoms with Gasteiger partial charge in [-0.1, -0.05) is 11.6 Å². The second kappa shape index (κ2) is 6.32. The minimum Gasteiger partial charge on any atom is -0.490 e. The molecule has 0 spiro atoms. The van der Waals surface area contributed by atoms with Gasteiger partial charge >= 0.3 is 0 Å². The number of halogens is 2. The third-order valence-electron chi connectivity index (χ3n) is 3.16. The van der Waals surface area contributed by atoms with Crippen molar-refractivity contribution in [2.45, 2.75) is 6.04 Å². The number of hydrogen-bond donors (Lipinski definition) is 1. The average Bonchev–Trinajstić information content (AvgIpc) is 2.83. The van der Waals surface area contributed by atoms with Crippen LogP contribution < -0.4 is 10.1 Å². The van der Waals surface area contributed by atoms with Crippen LogP contribution in [0.3, 0.4) is 0 Å². The largest absolute Gasteiger partial charge is 0.490 e. The molecule has 0 radical (unpaired) electrons. The molecule has 1 saturated heterocycles. The first-order valence-electron chi connectivity index (χ1n) is 6.67. The van der Waals surface area contributed by atoms with Crippen LogP contribution in [0.25, 0.3) is 0 Å². The standard InChI is InChI=1S/C14H15ClFN3O2/c15-12-7-10(16)1-2-13(12)21-6-4-17-14-3-5-19(18-14)11-8-20-9-11/h1-3,5,7,11H,4,6,8-9H2,(H,17,18).